The summed E-state index contributed by atoms with van der Waals surface area (Å²) in [7, 11) is 0. The summed E-state index contributed by atoms with van der Waals surface area (Å²) in [6.07, 6.45) is 2.31. The van der Waals surface area contributed by atoms with Crippen molar-refractivity contribution in [3.05, 3.63) is 30.3 Å². The summed E-state index contributed by atoms with van der Waals surface area (Å²) in [5.41, 5.74) is 9.26. The lowest BCUT2D eigenvalue weighted by atomic mass is 10.2. The van der Waals surface area contributed by atoms with Crippen LogP contribution >= 0.6 is 0 Å². The normalized spacial score (nSPS) is 22.5. The highest BCUT2D eigenvalue weighted by molar-refractivity contribution is 5.80. The molecule has 1 aromatic carbocycles. The monoisotopic (exact) mass is 337 g/mol. The second-order valence-electron chi connectivity index (χ2n) is 6.59. The van der Waals surface area contributed by atoms with Crippen molar-refractivity contribution in [1.82, 2.24) is 20.4 Å². The number of benzene rings is 1. The number of nitrogens with one attached hydrogen (secondary N) is 2. The summed E-state index contributed by atoms with van der Waals surface area (Å²) in [6.45, 7) is 1.54. The van der Waals surface area contributed by atoms with Crippen molar-refractivity contribution in [2.75, 3.05) is 29.2 Å². The van der Waals surface area contributed by atoms with E-state index in [1.54, 1.807) is 0 Å². The minimum absolute atomic E-state index is 0.411. The lowest BCUT2D eigenvalue weighted by Gasteiger charge is -2.35. The number of hydrogen-bond acceptors (Lipinski definition) is 7. The molecule has 0 spiro atoms. The molecule has 2 aliphatic rings. The largest absolute Gasteiger partial charge is 0.396 e. The highest BCUT2D eigenvalue weighted by Gasteiger charge is 2.38. The van der Waals surface area contributed by atoms with Crippen molar-refractivity contribution >= 4 is 34.0 Å². The number of ether oxygens (including phenoxy) is 1. The van der Waals surface area contributed by atoms with Crippen molar-refractivity contribution in [1.29, 1.82) is 0 Å². The van der Waals surface area contributed by atoms with Gasteiger partial charge in [-0.1, -0.05) is 0 Å². The van der Waals surface area contributed by atoms with Gasteiger partial charge in [0.25, 0.3) is 0 Å². The Bertz CT molecular complexity index is 908. The lowest BCUT2D eigenvalue weighted by Crippen LogP contribution is -2.46. The van der Waals surface area contributed by atoms with Crippen LogP contribution in [-0.4, -0.2) is 45.7 Å². The average Bonchev–Trinajstić information content (AvgIpc) is 3.18. The van der Waals surface area contributed by atoms with Gasteiger partial charge in [-0.15, -0.1) is 0 Å². The maximum Gasteiger partial charge on any atom is 0.156 e. The molecule has 8 heteroatoms. The van der Waals surface area contributed by atoms with Gasteiger partial charge in [0.1, 0.15) is 16.9 Å². The molecule has 128 valence electrons. The first-order valence-electron chi connectivity index (χ1n) is 8.48. The van der Waals surface area contributed by atoms with Crippen LogP contribution in [0.25, 0.3) is 11.0 Å². The molecular weight excluding hydrogens is 318 g/mol. The van der Waals surface area contributed by atoms with Gasteiger partial charge >= 0.3 is 0 Å². The number of anilines is 4. The third kappa shape index (κ3) is 2.45. The lowest BCUT2D eigenvalue weighted by molar-refractivity contribution is 0.0902. The van der Waals surface area contributed by atoms with Gasteiger partial charge in [-0.05, 0) is 43.2 Å². The second kappa shape index (κ2) is 5.59. The average molecular weight is 337 g/mol. The van der Waals surface area contributed by atoms with Gasteiger partial charge in [0.05, 0.1) is 31.0 Å². The maximum absolute atomic E-state index is 6.14. The molecule has 2 saturated heterocycles. The van der Waals surface area contributed by atoms with Gasteiger partial charge in [0.2, 0.25) is 0 Å². The Labute approximate surface area is 144 Å². The van der Waals surface area contributed by atoms with E-state index >= 15 is 0 Å². The van der Waals surface area contributed by atoms with Crippen molar-refractivity contribution in [2.45, 2.75) is 24.9 Å². The van der Waals surface area contributed by atoms with E-state index < -0.39 is 0 Å². The number of pyridine rings is 1. The molecule has 2 bridgehead atoms. The maximum atomic E-state index is 6.14. The van der Waals surface area contributed by atoms with Crippen LogP contribution in [0.2, 0.25) is 0 Å². The SMILES string of the molecule is Nc1ccc(N2C3CCC2COC3)nc1Nc1ccc2n[nH]nc2c1. The number of rotatable bonds is 3. The zero-order valence-corrected chi connectivity index (χ0v) is 13.6. The molecule has 0 saturated carbocycles. The molecule has 4 N–H and O–H groups in total. The van der Waals surface area contributed by atoms with Crippen molar-refractivity contribution in [3.63, 3.8) is 0 Å². The van der Waals surface area contributed by atoms with E-state index in [-0.39, 0.29) is 0 Å². The Kier molecular flexibility index (Phi) is 3.24. The molecule has 25 heavy (non-hydrogen) atoms. The molecule has 4 heterocycles. The number of morpholine rings is 1. The Morgan fingerprint density at radius 3 is 2.72 bits per heavy atom. The summed E-state index contributed by atoms with van der Waals surface area (Å²) in [4.78, 5) is 7.17. The van der Waals surface area contributed by atoms with Crippen LogP contribution in [0.3, 0.4) is 0 Å². The number of fused-ring (bicyclic) bond motifs is 3. The van der Waals surface area contributed by atoms with Crippen molar-refractivity contribution in [2.24, 2.45) is 0 Å². The number of H-pyrrole nitrogens is 1. The molecule has 2 fully saturated rings. The zero-order chi connectivity index (χ0) is 16.8. The summed E-state index contributed by atoms with van der Waals surface area (Å²) in [5, 5.41) is 14.1. The molecule has 0 aliphatic carbocycles. The van der Waals surface area contributed by atoms with Crippen molar-refractivity contribution < 1.29 is 4.74 Å². The van der Waals surface area contributed by atoms with Gasteiger partial charge in [-0.2, -0.15) is 15.4 Å². The van der Waals surface area contributed by atoms with E-state index in [0.29, 0.717) is 23.6 Å². The standard InChI is InChI=1S/C17H19N7O/c18-13-4-6-16(24-11-2-3-12(24)9-25-8-11)20-17(13)19-10-1-5-14-15(7-10)22-23-21-14/h1,4-7,11-12H,2-3,8-9,18H2,(H,19,20)(H,21,22,23). The fourth-order valence-electron chi connectivity index (χ4n) is 3.76. The van der Waals surface area contributed by atoms with Gasteiger partial charge in [-0.25, -0.2) is 4.98 Å². The van der Waals surface area contributed by atoms with Crippen LogP contribution in [0.1, 0.15) is 12.8 Å². The van der Waals surface area contributed by atoms with E-state index in [1.165, 1.54) is 0 Å². The molecule has 0 radical (unpaired) electrons. The van der Waals surface area contributed by atoms with E-state index in [4.69, 9.17) is 15.5 Å². The molecule has 8 nitrogen and oxygen atoms in total. The highest BCUT2D eigenvalue weighted by atomic mass is 16.5. The van der Waals surface area contributed by atoms with E-state index in [9.17, 15) is 0 Å². The number of hydrogen-bond donors (Lipinski definition) is 3. The van der Waals surface area contributed by atoms with E-state index in [2.05, 4.69) is 25.6 Å². The first-order chi connectivity index (χ1) is 12.3. The Morgan fingerprint density at radius 1 is 1.08 bits per heavy atom. The number of aromatic amines is 1. The number of nitrogens with zero attached hydrogens (tertiary/aromatic N) is 4. The summed E-state index contributed by atoms with van der Waals surface area (Å²) in [6, 6.07) is 10.5. The van der Waals surface area contributed by atoms with Gasteiger partial charge in [0.15, 0.2) is 5.82 Å². The molecule has 2 unspecified atom stereocenters. The minimum atomic E-state index is 0.411. The summed E-state index contributed by atoms with van der Waals surface area (Å²) < 4.78 is 5.67. The van der Waals surface area contributed by atoms with Crippen LogP contribution in [0.5, 0.6) is 0 Å². The van der Waals surface area contributed by atoms with E-state index in [1.807, 2.05) is 30.3 Å². The van der Waals surface area contributed by atoms with Gasteiger partial charge in [0, 0.05) is 5.69 Å². The van der Waals surface area contributed by atoms with Crippen LogP contribution < -0.4 is 16.0 Å². The predicted molar refractivity (Wildman–Crippen MR) is 95.9 cm³/mol. The summed E-state index contributed by atoms with van der Waals surface area (Å²) >= 11 is 0. The number of nitrogen functional groups attached to an aromatic ring is 1. The number of aromatic nitrogens is 4. The predicted octanol–water partition coefficient (Wildman–Crippen LogP) is 2.05. The Hall–Kier alpha value is -2.87. The van der Waals surface area contributed by atoms with Crippen LogP contribution in [0.4, 0.5) is 23.0 Å². The minimum Gasteiger partial charge on any atom is -0.396 e. The molecule has 2 atom stereocenters. The van der Waals surface area contributed by atoms with E-state index in [0.717, 1.165) is 48.6 Å². The van der Waals surface area contributed by atoms with Crippen molar-refractivity contribution in [3.8, 4) is 0 Å². The molecule has 5 rings (SSSR count). The number of nitrogens with two attached hydrogens (primary N) is 1. The first-order valence-corrected chi connectivity index (χ1v) is 8.48. The van der Waals surface area contributed by atoms with Gasteiger partial charge in [-0.3, -0.25) is 0 Å². The molecule has 2 aliphatic heterocycles. The van der Waals surface area contributed by atoms with Crippen LogP contribution in [-0.2, 0) is 4.74 Å². The topological polar surface area (TPSA) is 105 Å². The molecule has 3 aromatic rings. The first kappa shape index (κ1) is 14.5. The van der Waals surface area contributed by atoms with Crippen LogP contribution in [0, 0.1) is 0 Å². The van der Waals surface area contributed by atoms with Gasteiger partial charge < -0.3 is 20.7 Å². The highest BCUT2D eigenvalue weighted by Crippen LogP contribution is 2.35. The molecule has 2 aromatic heterocycles. The third-order valence-electron chi connectivity index (χ3n) is 5.00. The quantitative estimate of drug-likeness (QED) is 0.671. The third-order valence-corrected chi connectivity index (χ3v) is 5.00. The smallest absolute Gasteiger partial charge is 0.156 e. The molecule has 0 amide bonds. The Morgan fingerprint density at radius 2 is 1.88 bits per heavy atom. The fraction of sp³-hybridized carbons (Fsp3) is 0.353. The summed E-state index contributed by atoms with van der Waals surface area (Å²) in [5.74, 6) is 1.61. The fourth-order valence-corrected chi connectivity index (χ4v) is 3.76. The van der Waals surface area contributed by atoms with Crippen LogP contribution in [0.15, 0.2) is 30.3 Å². The second-order valence-corrected chi connectivity index (χ2v) is 6.59. The Balaban J connectivity index is 1.46. The molecular formula is C17H19N7O. The zero-order valence-electron chi connectivity index (χ0n) is 13.6.